The standard InChI is InChI=1S/C28H27N/c1-21(23-11-5-3-6-12-23)25-15-9-17-27(19-25)29-28-18-10-16-26(20-28)22(2)24-13-7-4-8-14-24/h3-22,29H,1-2H3. The summed E-state index contributed by atoms with van der Waals surface area (Å²) in [6.45, 7) is 4.52. The van der Waals surface area contributed by atoms with E-state index in [0.717, 1.165) is 11.4 Å². The van der Waals surface area contributed by atoms with E-state index in [4.69, 9.17) is 0 Å². The van der Waals surface area contributed by atoms with Gasteiger partial charge in [-0.25, -0.2) is 0 Å². The molecule has 0 radical (unpaired) electrons. The van der Waals surface area contributed by atoms with Crippen molar-refractivity contribution in [2.75, 3.05) is 5.32 Å². The molecule has 0 spiro atoms. The summed E-state index contributed by atoms with van der Waals surface area (Å²) >= 11 is 0. The molecule has 144 valence electrons. The molecule has 1 N–H and O–H groups in total. The fraction of sp³-hybridized carbons (Fsp3) is 0.143. The summed E-state index contributed by atoms with van der Waals surface area (Å²) < 4.78 is 0. The highest BCUT2D eigenvalue weighted by Crippen LogP contribution is 2.29. The minimum Gasteiger partial charge on any atom is -0.356 e. The topological polar surface area (TPSA) is 12.0 Å². The molecule has 2 unspecified atom stereocenters. The van der Waals surface area contributed by atoms with Crippen molar-refractivity contribution in [1.29, 1.82) is 0 Å². The lowest BCUT2D eigenvalue weighted by molar-refractivity contribution is 0.921. The van der Waals surface area contributed by atoms with Crippen LogP contribution in [0.3, 0.4) is 0 Å². The number of nitrogens with one attached hydrogen (secondary N) is 1. The molecule has 29 heavy (non-hydrogen) atoms. The summed E-state index contributed by atoms with van der Waals surface area (Å²) in [4.78, 5) is 0. The maximum Gasteiger partial charge on any atom is 0.0387 e. The van der Waals surface area contributed by atoms with Gasteiger partial charge in [0.1, 0.15) is 0 Å². The lowest BCUT2D eigenvalue weighted by Gasteiger charge is -2.16. The predicted molar refractivity (Wildman–Crippen MR) is 124 cm³/mol. The molecule has 0 aliphatic rings. The fourth-order valence-electron chi connectivity index (χ4n) is 3.81. The van der Waals surface area contributed by atoms with E-state index in [1.807, 2.05) is 0 Å². The Hall–Kier alpha value is -3.32. The van der Waals surface area contributed by atoms with E-state index in [1.165, 1.54) is 22.3 Å². The van der Waals surface area contributed by atoms with E-state index in [2.05, 4.69) is 128 Å². The van der Waals surface area contributed by atoms with Gasteiger partial charge in [-0.15, -0.1) is 0 Å². The van der Waals surface area contributed by atoms with E-state index in [0.29, 0.717) is 11.8 Å². The van der Waals surface area contributed by atoms with Crippen LogP contribution in [0.1, 0.15) is 47.9 Å². The maximum absolute atomic E-state index is 3.60. The molecule has 0 amide bonds. The molecule has 1 nitrogen and oxygen atoms in total. The van der Waals surface area contributed by atoms with Crippen molar-refractivity contribution in [2.45, 2.75) is 25.7 Å². The highest BCUT2D eigenvalue weighted by atomic mass is 14.9. The van der Waals surface area contributed by atoms with Crippen LogP contribution in [0.4, 0.5) is 11.4 Å². The van der Waals surface area contributed by atoms with Crippen LogP contribution < -0.4 is 5.32 Å². The highest BCUT2D eigenvalue weighted by Gasteiger charge is 2.10. The molecule has 0 fully saturated rings. The number of benzene rings is 4. The van der Waals surface area contributed by atoms with E-state index in [1.54, 1.807) is 0 Å². The molecular weight excluding hydrogens is 350 g/mol. The van der Waals surface area contributed by atoms with Crippen LogP contribution in [-0.4, -0.2) is 0 Å². The van der Waals surface area contributed by atoms with E-state index < -0.39 is 0 Å². The molecule has 0 aliphatic heterocycles. The molecule has 0 saturated heterocycles. The Morgan fingerprint density at radius 1 is 0.448 bits per heavy atom. The normalized spacial score (nSPS) is 12.9. The zero-order valence-electron chi connectivity index (χ0n) is 17.0. The Kier molecular flexibility index (Phi) is 5.76. The van der Waals surface area contributed by atoms with Gasteiger partial charge in [0.05, 0.1) is 0 Å². The lowest BCUT2D eigenvalue weighted by atomic mass is 9.92. The molecule has 2 atom stereocenters. The first kappa shape index (κ1) is 19.0. The van der Waals surface area contributed by atoms with Gasteiger partial charge < -0.3 is 5.32 Å². The largest absolute Gasteiger partial charge is 0.356 e. The van der Waals surface area contributed by atoms with Crippen LogP contribution in [0, 0.1) is 0 Å². The van der Waals surface area contributed by atoms with Crippen LogP contribution in [0.2, 0.25) is 0 Å². The smallest absolute Gasteiger partial charge is 0.0387 e. The minimum atomic E-state index is 0.363. The molecule has 4 aromatic carbocycles. The van der Waals surface area contributed by atoms with Gasteiger partial charge in [0.15, 0.2) is 0 Å². The van der Waals surface area contributed by atoms with Crippen molar-refractivity contribution in [3.63, 3.8) is 0 Å². The fourth-order valence-corrected chi connectivity index (χ4v) is 3.81. The second kappa shape index (κ2) is 8.79. The van der Waals surface area contributed by atoms with Crippen molar-refractivity contribution >= 4 is 11.4 Å². The van der Waals surface area contributed by atoms with Crippen molar-refractivity contribution in [3.05, 3.63) is 131 Å². The molecule has 0 aliphatic carbocycles. The van der Waals surface area contributed by atoms with Crippen LogP contribution >= 0.6 is 0 Å². The summed E-state index contributed by atoms with van der Waals surface area (Å²) in [7, 11) is 0. The monoisotopic (exact) mass is 377 g/mol. The molecule has 0 saturated carbocycles. The first-order valence-corrected chi connectivity index (χ1v) is 10.3. The first-order valence-electron chi connectivity index (χ1n) is 10.3. The van der Waals surface area contributed by atoms with Gasteiger partial charge in [-0.3, -0.25) is 0 Å². The second-order valence-corrected chi connectivity index (χ2v) is 7.64. The van der Waals surface area contributed by atoms with Gasteiger partial charge in [0.2, 0.25) is 0 Å². The predicted octanol–water partition coefficient (Wildman–Crippen LogP) is 7.73. The molecule has 0 bridgehead atoms. The van der Waals surface area contributed by atoms with Crippen LogP contribution in [0.15, 0.2) is 109 Å². The Morgan fingerprint density at radius 3 is 1.24 bits per heavy atom. The number of anilines is 2. The second-order valence-electron chi connectivity index (χ2n) is 7.64. The zero-order chi connectivity index (χ0) is 20.1. The molecule has 4 aromatic rings. The quantitative estimate of drug-likeness (QED) is 0.362. The summed E-state index contributed by atoms with van der Waals surface area (Å²) in [6.07, 6.45) is 0. The SMILES string of the molecule is CC(c1ccccc1)c1cccc(Nc2cccc(C(C)c3ccccc3)c2)c1. The summed E-state index contributed by atoms with van der Waals surface area (Å²) in [5.41, 5.74) is 7.54. The number of hydrogen-bond acceptors (Lipinski definition) is 1. The molecular formula is C28H27N. The lowest BCUT2D eigenvalue weighted by Crippen LogP contribution is -1.99. The van der Waals surface area contributed by atoms with Gasteiger partial charge in [-0.2, -0.15) is 0 Å². The summed E-state index contributed by atoms with van der Waals surface area (Å²) in [6, 6.07) is 38.8. The van der Waals surface area contributed by atoms with Crippen molar-refractivity contribution in [2.24, 2.45) is 0 Å². The summed E-state index contributed by atoms with van der Waals surface area (Å²) in [5.74, 6) is 0.727. The maximum atomic E-state index is 3.60. The average Bonchev–Trinajstić information content (AvgIpc) is 2.79. The molecule has 1 heteroatoms. The van der Waals surface area contributed by atoms with Gasteiger partial charge in [-0.05, 0) is 46.5 Å². The Labute approximate surface area is 174 Å². The average molecular weight is 378 g/mol. The van der Waals surface area contributed by atoms with Gasteiger partial charge in [0, 0.05) is 23.2 Å². The third-order valence-corrected chi connectivity index (χ3v) is 5.66. The minimum absolute atomic E-state index is 0.363. The van der Waals surface area contributed by atoms with Gasteiger partial charge in [-0.1, -0.05) is 98.8 Å². The Bertz CT molecular complexity index is 967. The van der Waals surface area contributed by atoms with Crippen molar-refractivity contribution < 1.29 is 0 Å². The summed E-state index contributed by atoms with van der Waals surface area (Å²) in [5, 5.41) is 3.60. The first-order chi connectivity index (χ1) is 14.2. The van der Waals surface area contributed by atoms with E-state index >= 15 is 0 Å². The van der Waals surface area contributed by atoms with Crippen LogP contribution in [0.25, 0.3) is 0 Å². The third-order valence-electron chi connectivity index (χ3n) is 5.66. The highest BCUT2D eigenvalue weighted by molar-refractivity contribution is 5.62. The molecule has 0 aromatic heterocycles. The van der Waals surface area contributed by atoms with Gasteiger partial charge >= 0.3 is 0 Å². The van der Waals surface area contributed by atoms with Crippen LogP contribution in [-0.2, 0) is 0 Å². The number of hydrogen-bond donors (Lipinski definition) is 1. The third kappa shape index (κ3) is 4.57. The van der Waals surface area contributed by atoms with E-state index in [9.17, 15) is 0 Å². The van der Waals surface area contributed by atoms with Gasteiger partial charge in [0.25, 0.3) is 0 Å². The van der Waals surface area contributed by atoms with Crippen molar-refractivity contribution in [1.82, 2.24) is 0 Å². The number of rotatable bonds is 6. The van der Waals surface area contributed by atoms with E-state index in [-0.39, 0.29) is 0 Å². The van der Waals surface area contributed by atoms with Crippen LogP contribution in [0.5, 0.6) is 0 Å². The zero-order valence-corrected chi connectivity index (χ0v) is 17.0. The Balaban J connectivity index is 1.54. The molecule has 4 rings (SSSR count). The molecule has 0 heterocycles. The van der Waals surface area contributed by atoms with Crippen molar-refractivity contribution in [3.8, 4) is 0 Å². The Morgan fingerprint density at radius 2 is 0.828 bits per heavy atom.